The third-order valence-corrected chi connectivity index (χ3v) is 4.22. The number of aromatic amines is 1. The van der Waals surface area contributed by atoms with Crippen LogP contribution in [0, 0.1) is 5.92 Å². The highest BCUT2D eigenvalue weighted by Gasteiger charge is 2.37. The molecule has 19 heavy (non-hydrogen) atoms. The average Bonchev–Trinajstić information content (AvgIpc) is 2.89. The third-order valence-electron chi connectivity index (χ3n) is 4.22. The van der Waals surface area contributed by atoms with Gasteiger partial charge in [0.1, 0.15) is 6.33 Å². The van der Waals surface area contributed by atoms with Crippen LogP contribution in [-0.2, 0) is 0 Å². The van der Waals surface area contributed by atoms with Gasteiger partial charge in [0, 0.05) is 12.1 Å². The Morgan fingerprint density at radius 1 is 1.63 bits per heavy atom. The van der Waals surface area contributed by atoms with Crippen LogP contribution < -0.4 is 5.32 Å². The Kier molecular flexibility index (Phi) is 4.19. The second-order valence-corrected chi connectivity index (χ2v) is 5.84. The topological polar surface area (TPSA) is 73.9 Å². The summed E-state index contributed by atoms with van der Waals surface area (Å²) in [5.74, 6) is 0.799. The molecule has 0 spiro atoms. The summed E-state index contributed by atoms with van der Waals surface area (Å²) in [5, 5.41) is 9.27. The number of amides is 1. The molecular weight excluding hydrogens is 242 g/mol. The predicted molar refractivity (Wildman–Crippen MR) is 72.8 cm³/mol. The van der Waals surface area contributed by atoms with E-state index >= 15 is 0 Å². The number of hydrogen-bond donors (Lipinski definition) is 2. The van der Waals surface area contributed by atoms with E-state index in [0.717, 1.165) is 12.8 Å². The van der Waals surface area contributed by atoms with Crippen molar-refractivity contribution in [1.29, 1.82) is 0 Å². The molecule has 0 radical (unpaired) electrons. The van der Waals surface area contributed by atoms with E-state index < -0.39 is 0 Å². The lowest BCUT2D eigenvalue weighted by atomic mass is 9.75. The van der Waals surface area contributed by atoms with Crippen molar-refractivity contribution in [2.75, 3.05) is 20.6 Å². The fourth-order valence-corrected chi connectivity index (χ4v) is 3.00. The Morgan fingerprint density at radius 2 is 2.42 bits per heavy atom. The smallest absolute Gasteiger partial charge is 0.288 e. The monoisotopic (exact) mass is 265 g/mol. The van der Waals surface area contributed by atoms with Crippen molar-refractivity contribution < 1.29 is 4.79 Å². The van der Waals surface area contributed by atoms with Gasteiger partial charge in [0.25, 0.3) is 5.91 Å². The van der Waals surface area contributed by atoms with E-state index in [0.29, 0.717) is 12.5 Å². The van der Waals surface area contributed by atoms with Crippen molar-refractivity contribution in [3.8, 4) is 0 Å². The number of nitrogens with zero attached hydrogens (tertiary/aromatic N) is 3. The lowest BCUT2D eigenvalue weighted by Gasteiger charge is -2.45. The molecule has 1 saturated carbocycles. The summed E-state index contributed by atoms with van der Waals surface area (Å²) in [5.41, 5.74) is 0.0628. The number of carbonyl (C=O) groups excluding carboxylic acids is 1. The second-order valence-electron chi connectivity index (χ2n) is 5.84. The summed E-state index contributed by atoms with van der Waals surface area (Å²) < 4.78 is 0. The Hall–Kier alpha value is -1.43. The van der Waals surface area contributed by atoms with E-state index in [9.17, 15) is 4.79 Å². The highest BCUT2D eigenvalue weighted by Crippen LogP contribution is 2.35. The van der Waals surface area contributed by atoms with Crippen molar-refractivity contribution >= 4 is 5.91 Å². The molecule has 1 amide bonds. The summed E-state index contributed by atoms with van der Waals surface area (Å²) in [6.07, 6.45) is 6.10. The molecule has 106 valence electrons. The first-order chi connectivity index (χ1) is 9.03. The molecule has 0 bridgehead atoms. The molecule has 1 aromatic heterocycles. The standard InChI is InChI=1S/C13H23N5O/c1-10-5-4-6-13(7-10,18(2)3)8-14-12(19)11-15-9-16-17-11/h9-10H,4-8H2,1-3H3,(H,14,19)(H,15,16,17). The van der Waals surface area contributed by atoms with Crippen LogP contribution in [0.4, 0.5) is 0 Å². The van der Waals surface area contributed by atoms with Gasteiger partial charge in [-0.05, 0) is 32.9 Å². The fourth-order valence-electron chi connectivity index (χ4n) is 3.00. The first-order valence-electron chi connectivity index (χ1n) is 6.84. The van der Waals surface area contributed by atoms with Crippen LogP contribution in [0.2, 0.25) is 0 Å². The minimum atomic E-state index is -0.183. The predicted octanol–water partition coefficient (Wildman–Crippen LogP) is 1.04. The quantitative estimate of drug-likeness (QED) is 0.853. The normalized spacial score (nSPS) is 27.5. The van der Waals surface area contributed by atoms with Gasteiger partial charge in [-0.1, -0.05) is 19.8 Å². The number of nitrogens with one attached hydrogen (secondary N) is 2. The summed E-state index contributed by atoms with van der Waals surface area (Å²) in [7, 11) is 4.19. The molecule has 2 rings (SSSR count). The lowest BCUT2D eigenvalue weighted by Crippen LogP contribution is -2.55. The van der Waals surface area contributed by atoms with Crippen molar-refractivity contribution in [2.24, 2.45) is 5.92 Å². The van der Waals surface area contributed by atoms with Crippen LogP contribution >= 0.6 is 0 Å². The van der Waals surface area contributed by atoms with Gasteiger partial charge in [-0.25, -0.2) is 4.98 Å². The molecular formula is C13H23N5O. The van der Waals surface area contributed by atoms with Crippen molar-refractivity contribution in [3.05, 3.63) is 12.2 Å². The van der Waals surface area contributed by atoms with E-state index in [2.05, 4.69) is 46.4 Å². The maximum absolute atomic E-state index is 11.9. The largest absolute Gasteiger partial charge is 0.347 e. The maximum atomic E-state index is 11.9. The number of H-pyrrole nitrogens is 1. The zero-order chi connectivity index (χ0) is 13.9. The van der Waals surface area contributed by atoms with Gasteiger partial charge in [0.2, 0.25) is 5.82 Å². The minimum Gasteiger partial charge on any atom is -0.347 e. The molecule has 2 N–H and O–H groups in total. The molecule has 1 aromatic rings. The zero-order valence-corrected chi connectivity index (χ0v) is 11.9. The molecule has 0 aromatic carbocycles. The molecule has 0 saturated heterocycles. The number of carbonyl (C=O) groups is 1. The van der Waals surface area contributed by atoms with Crippen LogP contribution in [0.25, 0.3) is 0 Å². The molecule has 6 nitrogen and oxygen atoms in total. The van der Waals surface area contributed by atoms with Gasteiger partial charge in [-0.2, -0.15) is 5.10 Å². The zero-order valence-electron chi connectivity index (χ0n) is 11.9. The lowest BCUT2D eigenvalue weighted by molar-refractivity contribution is 0.0671. The van der Waals surface area contributed by atoms with Gasteiger partial charge in [-0.15, -0.1) is 0 Å². The van der Waals surface area contributed by atoms with Gasteiger partial charge in [-0.3, -0.25) is 9.89 Å². The van der Waals surface area contributed by atoms with Gasteiger partial charge in [0.05, 0.1) is 0 Å². The molecule has 1 heterocycles. The van der Waals surface area contributed by atoms with Crippen molar-refractivity contribution in [1.82, 2.24) is 25.4 Å². The van der Waals surface area contributed by atoms with Crippen LogP contribution in [0.1, 0.15) is 43.2 Å². The molecule has 2 atom stereocenters. The van der Waals surface area contributed by atoms with E-state index in [1.165, 1.54) is 19.2 Å². The Balaban J connectivity index is 1.99. The minimum absolute atomic E-state index is 0.0628. The van der Waals surface area contributed by atoms with Crippen LogP contribution in [0.15, 0.2) is 6.33 Å². The third kappa shape index (κ3) is 3.12. The number of aromatic nitrogens is 3. The molecule has 1 aliphatic carbocycles. The van der Waals surface area contributed by atoms with Crippen LogP contribution in [-0.4, -0.2) is 52.2 Å². The molecule has 6 heteroatoms. The highest BCUT2D eigenvalue weighted by atomic mass is 16.2. The summed E-state index contributed by atoms with van der Waals surface area (Å²) in [6, 6.07) is 0. The van der Waals surface area contributed by atoms with Crippen LogP contribution in [0.5, 0.6) is 0 Å². The molecule has 2 unspecified atom stereocenters. The van der Waals surface area contributed by atoms with E-state index in [4.69, 9.17) is 0 Å². The number of hydrogen-bond acceptors (Lipinski definition) is 4. The fraction of sp³-hybridized carbons (Fsp3) is 0.769. The summed E-state index contributed by atoms with van der Waals surface area (Å²) in [4.78, 5) is 18.1. The first-order valence-corrected chi connectivity index (χ1v) is 6.84. The summed E-state index contributed by atoms with van der Waals surface area (Å²) in [6.45, 7) is 2.94. The van der Waals surface area contributed by atoms with Crippen molar-refractivity contribution in [3.63, 3.8) is 0 Å². The summed E-state index contributed by atoms with van der Waals surface area (Å²) >= 11 is 0. The van der Waals surface area contributed by atoms with E-state index in [1.807, 2.05) is 0 Å². The second kappa shape index (κ2) is 5.69. The Labute approximate surface area is 114 Å². The highest BCUT2D eigenvalue weighted by molar-refractivity contribution is 5.90. The maximum Gasteiger partial charge on any atom is 0.288 e. The van der Waals surface area contributed by atoms with Gasteiger partial charge < -0.3 is 10.2 Å². The average molecular weight is 265 g/mol. The Bertz CT molecular complexity index is 417. The Morgan fingerprint density at radius 3 is 3.00 bits per heavy atom. The van der Waals surface area contributed by atoms with E-state index in [-0.39, 0.29) is 17.3 Å². The van der Waals surface area contributed by atoms with Gasteiger partial charge >= 0.3 is 0 Å². The molecule has 1 fully saturated rings. The number of likely N-dealkylation sites (N-methyl/N-ethyl adjacent to an activating group) is 1. The number of rotatable bonds is 4. The van der Waals surface area contributed by atoms with Crippen molar-refractivity contribution in [2.45, 2.75) is 38.1 Å². The molecule has 0 aliphatic heterocycles. The van der Waals surface area contributed by atoms with E-state index in [1.54, 1.807) is 0 Å². The first kappa shape index (κ1) is 14.0. The molecule has 1 aliphatic rings. The van der Waals surface area contributed by atoms with Crippen LogP contribution in [0.3, 0.4) is 0 Å². The SMILES string of the molecule is CC1CCCC(CNC(=O)c2ncn[nH]2)(N(C)C)C1. The van der Waals surface area contributed by atoms with Gasteiger partial charge in [0.15, 0.2) is 0 Å².